The molecular formula is C27H26BrIN2O3S. The van der Waals surface area contributed by atoms with Crippen molar-refractivity contribution in [1.29, 1.82) is 0 Å². The Morgan fingerprint density at radius 2 is 1.77 bits per heavy atom. The van der Waals surface area contributed by atoms with E-state index in [1.165, 1.54) is 17.3 Å². The van der Waals surface area contributed by atoms with Crippen molar-refractivity contribution in [2.45, 2.75) is 32.4 Å². The molecule has 35 heavy (non-hydrogen) atoms. The number of thioether (sulfide) groups is 1. The molecule has 0 unspecified atom stereocenters. The van der Waals surface area contributed by atoms with Gasteiger partial charge in [0.2, 0.25) is 0 Å². The normalized spacial score (nSPS) is 16.3. The maximum Gasteiger partial charge on any atom is 0.260 e. The lowest BCUT2D eigenvalue weighted by atomic mass is 10.1. The molecule has 0 spiro atoms. The lowest BCUT2D eigenvalue weighted by Crippen LogP contribution is -2.30. The lowest BCUT2D eigenvalue weighted by Gasteiger charge is -2.15. The third kappa shape index (κ3) is 6.95. The summed E-state index contributed by atoms with van der Waals surface area (Å²) in [4.78, 5) is 13.3. The summed E-state index contributed by atoms with van der Waals surface area (Å²) >= 11 is 7.18. The Morgan fingerprint density at radius 3 is 2.46 bits per heavy atom. The van der Waals surface area contributed by atoms with Gasteiger partial charge in [-0.1, -0.05) is 58.9 Å². The van der Waals surface area contributed by atoms with Crippen LogP contribution in [0.1, 0.15) is 30.5 Å². The fourth-order valence-corrected chi connectivity index (χ4v) is 5.55. The average Bonchev–Trinajstić information content (AvgIpc) is 3.18. The summed E-state index contributed by atoms with van der Waals surface area (Å²) in [6.07, 6.45) is 2.89. The fourth-order valence-electron chi connectivity index (χ4n) is 3.52. The molecule has 8 heteroatoms. The van der Waals surface area contributed by atoms with Gasteiger partial charge >= 0.3 is 0 Å². The zero-order chi connectivity index (χ0) is 24.8. The van der Waals surface area contributed by atoms with Gasteiger partial charge in [-0.3, -0.25) is 4.79 Å². The molecule has 3 aromatic rings. The van der Waals surface area contributed by atoms with Gasteiger partial charge in [0.1, 0.15) is 6.61 Å². The second-order valence-electron chi connectivity index (χ2n) is 7.85. The molecule has 3 aromatic carbocycles. The van der Waals surface area contributed by atoms with Crippen LogP contribution in [0.2, 0.25) is 0 Å². The molecule has 0 saturated carbocycles. The molecule has 1 fully saturated rings. The minimum Gasteiger partial charge on any atom is -0.490 e. The summed E-state index contributed by atoms with van der Waals surface area (Å²) in [6.45, 7) is 5.03. The van der Waals surface area contributed by atoms with Gasteiger partial charge in [0.05, 0.1) is 15.1 Å². The van der Waals surface area contributed by atoms with Gasteiger partial charge in [-0.25, -0.2) is 0 Å². The topological polar surface area (TPSA) is 59.6 Å². The molecule has 1 saturated heterocycles. The zero-order valence-electron chi connectivity index (χ0n) is 19.4. The van der Waals surface area contributed by atoms with Crippen LogP contribution < -0.4 is 20.1 Å². The van der Waals surface area contributed by atoms with Crippen molar-refractivity contribution in [2.24, 2.45) is 0 Å². The van der Waals surface area contributed by atoms with Crippen LogP contribution >= 0.6 is 50.3 Å². The van der Waals surface area contributed by atoms with Crippen LogP contribution in [0.25, 0.3) is 6.08 Å². The zero-order valence-corrected chi connectivity index (χ0v) is 24.0. The monoisotopic (exact) mass is 664 g/mol. The molecule has 5 nitrogen and oxygen atoms in total. The molecule has 1 amide bonds. The standard InChI is InChI=1S/C27H26BrIN2O3S/c1-3-17-7-11-21(12-8-17)30-27-31-26(32)24(35-27)15-19-13-22(29)25(23(14-19)33-4-2)34-16-18-5-9-20(28)10-6-18/h5-15,27,30H,3-4,16H2,1-2H3,(H,31,32)/b24-15-/t27-/m0/s1. The minimum atomic E-state index is -0.222. The van der Waals surface area contributed by atoms with Crippen molar-refractivity contribution < 1.29 is 14.3 Å². The van der Waals surface area contributed by atoms with Crippen molar-refractivity contribution in [3.63, 3.8) is 0 Å². The van der Waals surface area contributed by atoms with Gasteiger partial charge in [0.15, 0.2) is 17.0 Å². The summed E-state index contributed by atoms with van der Waals surface area (Å²) in [5.74, 6) is 1.27. The summed E-state index contributed by atoms with van der Waals surface area (Å²) < 4.78 is 14.0. The summed E-state index contributed by atoms with van der Waals surface area (Å²) in [6, 6.07) is 20.2. The first kappa shape index (κ1) is 25.9. The number of hydrogen-bond donors (Lipinski definition) is 2. The van der Waals surface area contributed by atoms with Crippen molar-refractivity contribution in [3.05, 3.63) is 90.3 Å². The lowest BCUT2D eigenvalue weighted by molar-refractivity contribution is -0.116. The number of hydrogen-bond acceptors (Lipinski definition) is 5. The van der Waals surface area contributed by atoms with Gasteiger partial charge in [0.25, 0.3) is 5.91 Å². The highest BCUT2D eigenvalue weighted by molar-refractivity contribution is 14.1. The van der Waals surface area contributed by atoms with Gasteiger partial charge in [-0.15, -0.1) is 0 Å². The van der Waals surface area contributed by atoms with Crippen molar-refractivity contribution in [1.82, 2.24) is 5.32 Å². The molecule has 4 rings (SSSR count). The molecule has 1 heterocycles. The van der Waals surface area contributed by atoms with E-state index in [2.05, 4.69) is 68.2 Å². The van der Waals surface area contributed by atoms with Crippen LogP contribution in [0.5, 0.6) is 11.5 Å². The molecule has 1 aliphatic rings. The smallest absolute Gasteiger partial charge is 0.260 e. The molecule has 0 radical (unpaired) electrons. The SMILES string of the molecule is CCOc1cc(/C=C2\S[C@@H](Nc3ccc(CC)cc3)NC2=O)cc(I)c1OCc1ccc(Br)cc1. The number of anilines is 1. The van der Waals surface area contributed by atoms with Crippen molar-refractivity contribution in [2.75, 3.05) is 11.9 Å². The Kier molecular flexibility index (Phi) is 9.02. The highest BCUT2D eigenvalue weighted by Crippen LogP contribution is 2.37. The molecule has 0 aromatic heterocycles. The first-order valence-electron chi connectivity index (χ1n) is 11.3. The molecule has 1 atom stereocenters. The Bertz CT molecular complexity index is 1220. The number of carbonyl (C=O) groups is 1. The molecule has 2 N–H and O–H groups in total. The predicted molar refractivity (Wildman–Crippen MR) is 156 cm³/mol. The number of amides is 1. The first-order chi connectivity index (χ1) is 16.9. The molecule has 182 valence electrons. The van der Waals surface area contributed by atoms with Crippen LogP contribution in [0.3, 0.4) is 0 Å². The number of rotatable bonds is 9. The number of carbonyl (C=O) groups excluding carboxylic acids is 1. The molecule has 1 aliphatic heterocycles. The molecule has 0 aliphatic carbocycles. The summed E-state index contributed by atoms with van der Waals surface area (Å²) in [5, 5.41) is 6.36. The maximum absolute atomic E-state index is 12.6. The van der Waals surface area contributed by atoms with Gasteiger partial charge < -0.3 is 20.1 Å². The van der Waals surface area contributed by atoms with Gasteiger partial charge in [-0.05, 0) is 95.1 Å². The maximum atomic E-state index is 12.6. The highest BCUT2D eigenvalue weighted by atomic mass is 127. The number of aryl methyl sites for hydroxylation is 1. The highest BCUT2D eigenvalue weighted by Gasteiger charge is 2.27. The number of nitrogens with one attached hydrogen (secondary N) is 2. The Hall–Kier alpha value is -2.17. The van der Waals surface area contributed by atoms with Crippen LogP contribution in [0, 0.1) is 3.57 Å². The van der Waals surface area contributed by atoms with E-state index >= 15 is 0 Å². The second kappa shape index (κ2) is 12.2. The Balaban J connectivity index is 1.48. The van der Waals surface area contributed by atoms with Crippen molar-refractivity contribution >= 4 is 68.0 Å². The van der Waals surface area contributed by atoms with E-state index < -0.39 is 0 Å². The van der Waals surface area contributed by atoms with E-state index in [0.29, 0.717) is 29.6 Å². The van der Waals surface area contributed by atoms with E-state index in [0.717, 1.165) is 31.3 Å². The predicted octanol–water partition coefficient (Wildman–Crippen LogP) is 7.19. The van der Waals surface area contributed by atoms with E-state index in [4.69, 9.17) is 9.47 Å². The molecular weight excluding hydrogens is 639 g/mol. The second-order valence-corrected chi connectivity index (χ2v) is 11.1. The van der Waals surface area contributed by atoms with Crippen molar-refractivity contribution in [3.8, 4) is 11.5 Å². The summed E-state index contributed by atoms with van der Waals surface area (Å²) in [5.41, 5.74) is 3.99. The van der Waals surface area contributed by atoms with Crippen LogP contribution in [-0.2, 0) is 17.8 Å². The summed E-state index contributed by atoms with van der Waals surface area (Å²) in [7, 11) is 0. The Morgan fingerprint density at radius 1 is 1.06 bits per heavy atom. The van der Waals surface area contributed by atoms with E-state index in [-0.39, 0.29) is 11.4 Å². The quantitative estimate of drug-likeness (QED) is 0.187. The van der Waals surface area contributed by atoms with Crippen LogP contribution in [-0.4, -0.2) is 18.0 Å². The number of halogens is 2. The van der Waals surface area contributed by atoms with E-state index in [1.54, 1.807) is 0 Å². The number of benzene rings is 3. The van der Waals surface area contributed by atoms with Gasteiger partial charge in [0, 0.05) is 10.2 Å². The number of ether oxygens (including phenoxy) is 2. The van der Waals surface area contributed by atoms with E-state index in [9.17, 15) is 4.79 Å². The van der Waals surface area contributed by atoms with Crippen LogP contribution in [0.15, 0.2) is 70.0 Å². The van der Waals surface area contributed by atoms with Gasteiger partial charge in [-0.2, -0.15) is 0 Å². The van der Waals surface area contributed by atoms with Crippen LogP contribution in [0.4, 0.5) is 5.69 Å². The molecule has 0 bridgehead atoms. The minimum absolute atomic E-state index is 0.0961. The largest absolute Gasteiger partial charge is 0.490 e. The first-order valence-corrected chi connectivity index (χ1v) is 14.1. The average molecular weight is 665 g/mol. The fraction of sp³-hybridized carbons (Fsp3) is 0.222. The third-order valence-electron chi connectivity index (χ3n) is 5.32. The third-order valence-corrected chi connectivity index (χ3v) is 7.68. The Labute approximate surface area is 232 Å². The van der Waals surface area contributed by atoms with E-state index in [1.807, 2.05) is 61.5 Å².